The molecular formula is C22H20N2O2. The Hall–Kier alpha value is -3.11. The Bertz CT molecular complexity index is 987. The van der Waals surface area contributed by atoms with E-state index in [0.717, 1.165) is 28.6 Å². The Morgan fingerprint density at radius 2 is 1.81 bits per heavy atom. The molecule has 0 saturated carbocycles. The fourth-order valence-corrected chi connectivity index (χ4v) is 3.23. The molecule has 4 rings (SSSR count). The van der Waals surface area contributed by atoms with Gasteiger partial charge in [-0.2, -0.15) is 0 Å². The van der Waals surface area contributed by atoms with Crippen molar-refractivity contribution in [3.8, 4) is 0 Å². The molecule has 4 nitrogen and oxygen atoms in total. The van der Waals surface area contributed by atoms with Crippen LogP contribution in [-0.4, -0.2) is 17.3 Å². The second-order valence-electron chi connectivity index (χ2n) is 6.24. The molecule has 4 aromatic rings. The molecule has 2 heterocycles. The van der Waals surface area contributed by atoms with Crippen LogP contribution < -0.4 is 5.32 Å². The Kier molecular flexibility index (Phi) is 4.67. The van der Waals surface area contributed by atoms with Gasteiger partial charge in [0.05, 0.1) is 12.3 Å². The Morgan fingerprint density at radius 1 is 1.00 bits per heavy atom. The molecule has 0 unspecified atom stereocenters. The number of fused-ring (bicyclic) bond motifs is 1. The summed E-state index contributed by atoms with van der Waals surface area (Å²) in [4.78, 5) is 16.5. The van der Waals surface area contributed by atoms with Gasteiger partial charge in [0, 0.05) is 35.6 Å². The summed E-state index contributed by atoms with van der Waals surface area (Å²) in [5.74, 6) is 0.969. The zero-order valence-corrected chi connectivity index (χ0v) is 14.3. The van der Waals surface area contributed by atoms with Gasteiger partial charge in [0.25, 0.3) is 0 Å². The molecule has 0 bridgehead atoms. The normalized spacial score (nSPS) is 12.3. The summed E-state index contributed by atoms with van der Waals surface area (Å²) in [6.45, 7) is 0.654. The predicted octanol–water partition coefficient (Wildman–Crippen LogP) is 4.52. The number of benzene rings is 2. The van der Waals surface area contributed by atoms with E-state index in [-0.39, 0.29) is 5.78 Å². The summed E-state index contributed by atoms with van der Waals surface area (Å²) in [6, 6.07) is 21.1. The number of Topliss-reactive ketones (excluding diaryl/α,β-unsaturated/α-hetero) is 1. The lowest BCUT2D eigenvalue weighted by molar-refractivity contribution is 0.0944. The first-order valence-electron chi connectivity index (χ1n) is 8.74. The molecule has 2 aromatic carbocycles. The van der Waals surface area contributed by atoms with Crippen LogP contribution in [0.1, 0.15) is 27.7 Å². The first kappa shape index (κ1) is 16.4. The molecule has 2 aromatic heterocycles. The van der Waals surface area contributed by atoms with Crippen LogP contribution in [0.15, 0.2) is 83.6 Å². The summed E-state index contributed by atoms with van der Waals surface area (Å²) in [5, 5.41) is 4.35. The fraction of sp³-hybridized carbons (Fsp3) is 0.136. The third-order valence-corrected chi connectivity index (χ3v) is 4.55. The van der Waals surface area contributed by atoms with E-state index in [0.29, 0.717) is 12.1 Å². The average molecular weight is 344 g/mol. The first-order chi connectivity index (χ1) is 12.8. The molecule has 0 spiro atoms. The first-order valence-corrected chi connectivity index (χ1v) is 8.74. The molecule has 1 atom stereocenters. The third-order valence-electron chi connectivity index (χ3n) is 4.55. The van der Waals surface area contributed by atoms with E-state index in [1.807, 2.05) is 66.7 Å². The molecule has 0 aliphatic rings. The Morgan fingerprint density at radius 3 is 2.62 bits per heavy atom. The molecule has 0 aliphatic heterocycles. The number of ketones is 1. The van der Waals surface area contributed by atoms with Crippen molar-refractivity contribution in [3.05, 3.63) is 96.1 Å². The molecule has 4 heteroatoms. The predicted molar refractivity (Wildman–Crippen MR) is 102 cm³/mol. The molecule has 130 valence electrons. The van der Waals surface area contributed by atoms with E-state index >= 15 is 0 Å². The zero-order chi connectivity index (χ0) is 17.8. The third kappa shape index (κ3) is 3.32. The molecule has 0 fully saturated rings. The highest BCUT2D eigenvalue weighted by Gasteiger charge is 2.23. The van der Waals surface area contributed by atoms with Crippen LogP contribution in [0.2, 0.25) is 0 Å². The number of hydrogen-bond donors (Lipinski definition) is 2. The lowest BCUT2D eigenvalue weighted by Crippen LogP contribution is -2.30. The molecule has 26 heavy (non-hydrogen) atoms. The van der Waals surface area contributed by atoms with Crippen molar-refractivity contribution in [1.82, 2.24) is 10.3 Å². The number of aromatic nitrogens is 1. The van der Waals surface area contributed by atoms with E-state index in [2.05, 4.69) is 10.3 Å². The van der Waals surface area contributed by atoms with Gasteiger partial charge in [-0.05, 0) is 23.8 Å². The van der Waals surface area contributed by atoms with Crippen LogP contribution >= 0.6 is 0 Å². The van der Waals surface area contributed by atoms with E-state index in [1.165, 1.54) is 0 Å². The van der Waals surface area contributed by atoms with Crippen molar-refractivity contribution in [2.75, 3.05) is 6.54 Å². The van der Waals surface area contributed by atoms with Crippen molar-refractivity contribution >= 4 is 16.7 Å². The number of furan rings is 1. The van der Waals surface area contributed by atoms with E-state index in [4.69, 9.17) is 4.42 Å². The lowest BCUT2D eigenvalue weighted by Gasteiger charge is -2.18. The van der Waals surface area contributed by atoms with Crippen molar-refractivity contribution in [2.45, 2.75) is 12.5 Å². The van der Waals surface area contributed by atoms with E-state index in [9.17, 15) is 4.79 Å². The maximum Gasteiger partial charge on any atom is 0.186 e. The van der Waals surface area contributed by atoms with E-state index < -0.39 is 6.04 Å². The Labute approximate surface area is 151 Å². The van der Waals surface area contributed by atoms with Crippen LogP contribution in [0.3, 0.4) is 0 Å². The van der Waals surface area contributed by atoms with Crippen molar-refractivity contribution in [3.63, 3.8) is 0 Å². The zero-order valence-electron chi connectivity index (χ0n) is 14.3. The topological polar surface area (TPSA) is 58.0 Å². The second kappa shape index (κ2) is 7.42. The average Bonchev–Trinajstić information content (AvgIpc) is 3.35. The highest BCUT2D eigenvalue weighted by molar-refractivity contribution is 6.10. The van der Waals surface area contributed by atoms with Gasteiger partial charge in [0.1, 0.15) is 5.76 Å². The molecule has 0 amide bonds. The summed E-state index contributed by atoms with van der Waals surface area (Å²) in [6.07, 6.45) is 4.20. The number of aromatic amines is 1. The molecule has 0 saturated heterocycles. The number of para-hydroxylation sites is 1. The quantitative estimate of drug-likeness (QED) is 0.485. The summed E-state index contributed by atoms with van der Waals surface area (Å²) in [7, 11) is 0. The minimum absolute atomic E-state index is 0.0631. The minimum Gasteiger partial charge on any atom is -0.469 e. The molecule has 2 N–H and O–H groups in total. The van der Waals surface area contributed by atoms with Crippen molar-refractivity contribution in [1.29, 1.82) is 0 Å². The van der Waals surface area contributed by atoms with Gasteiger partial charge in [-0.1, -0.05) is 48.5 Å². The highest BCUT2D eigenvalue weighted by Crippen LogP contribution is 2.24. The second-order valence-corrected chi connectivity index (χ2v) is 6.24. The van der Waals surface area contributed by atoms with Gasteiger partial charge in [0.2, 0.25) is 0 Å². The van der Waals surface area contributed by atoms with Crippen LogP contribution in [0.5, 0.6) is 0 Å². The van der Waals surface area contributed by atoms with Gasteiger partial charge in [0.15, 0.2) is 5.78 Å². The van der Waals surface area contributed by atoms with Crippen LogP contribution in [-0.2, 0) is 6.42 Å². The molecular weight excluding hydrogens is 324 g/mol. The van der Waals surface area contributed by atoms with E-state index in [1.54, 1.807) is 12.5 Å². The number of carbonyl (C=O) groups excluding carboxylic acids is 1. The van der Waals surface area contributed by atoms with Crippen LogP contribution in [0.4, 0.5) is 0 Å². The highest BCUT2D eigenvalue weighted by atomic mass is 16.3. The summed E-state index contributed by atoms with van der Waals surface area (Å²) < 4.78 is 5.38. The standard InChI is InChI=1S/C22H20N2O2/c25-22(19-15-24-20-11-5-4-10-18(19)20)21(16-7-2-1-3-8-16)23-13-12-17-9-6-14-26-17/h1-11,14-15,21,23-24H,12-13H2/t21-/m1/s1. The van der Waals surface area contributed by atoms with Gasteiger partial charge in [-0.25, -0.2) is 0 Å². The maximum atomic E-state index is 13.3. The van der Waals surface area contributed by atoms with Gasteiger partial charge in [-0.15, -0.1) is 0 Å². The maximum absolute atomic E-state index is 13.3. The monoisotopic (exact) mass is 344 g/mol. The SMILES string of the molecule is O=C(c1c[nH]c2ccccc12)[C@H](NCCc1ccco1)c1ccccc1. The van der Waals surface area contributed by atoms with Crippen molar-refractivity contribution in [2.24, 2.45) is 0 Å². The largest absolute Gasteiger partial charge is 0.469 e. The molecule has 0 aliphatic carbocycles. The number of rotatable bonds is 7. The van der Waals surface area contributed by atoms with Crippen molar-refractivity contribution < 1.29 is 9.21 Å². The van der Waals surface area contributed by atoms with Crippen LogP contribution in [0, 0.1) is 0 Å². The number of H-pyrrole nitrogens is 1. The fourth-order valence-electron chi connectivity index (χ4n) is 3.23. The van der Waals surface area contributed by atoms with Crippen LogP contribution in [0.25, 0.3) is 10.9 Å². The van der Waals surface area contributed by atoms with Gasteiger partial charge < -0.3 is 14.7 Å². The Balaban J connectivity index is 1.60. The molecule has 0 radical (unpaired) electrons. The smallest absolute Gasteiger partial charge is 0.186 e. The number of carbonyl (C=O) groups is 1. The summed E-state index contributed by atoms with van der Waals surface area (Å²) in [5.41, 5.74) is 2.64. The van der Waals surface area contributed by atoms with Gasteiger partial charge >= 0.3 is 0 Å². The number of hydrogen-bond acceptors (Lipinski definition) is 3. The number of nitrogens with one attached hydrogen (secondary N) is 2. The minimum atomic E-state index is -0.398. The summed E-state index contributed by atoms with van der Waals surface area (Å²) >= 11 is 0. The van der Waals surface area contributed by atoms with Gasteiger partial charge in [-0.3, -0.25) is 4.79 Å². The lowest BCUT2D eigenvalue weighted by atomic mass is 9.97.